The van der Waals surface area contributed by atoms with Gasteiger partial charge in [0.15, 0.2) is 0 Å². The molecule has 0 amide bonds. The van der Waals surface area contributed by atoms with Crippen LogP contribution in [-0.2, 0) is 13.2 Å². The third-order valence-corrected chi connectivity index (χ3v) is 4.77. The van der Waals surface area contributed by atoms with E-state index in [1.54, 1.807) is 0 Å². The van der Waals surface area contributed by atoms with Gasteiger partial charge in [0, 0.05) is 21.9 Å². The molecule has 0 aliphatic carbocycles. The summed E-state index contributed by atoms with van der Waals surface area (Å²) in [5.74, 6) is 0.892. The normalized spacial score (nSPS) is 10.8. The molecule has 0 bridgehead atoms. The topological polar surface area (TPSA) is 21.3 Å². The van der Waals surface area contributed by atoms with Crippen molar-refractivity contribution in [3.8, 4) is 5.75 Å². The van der Waals surface area contributed by atoms with Crippen molar-refractivity contribution < 1.29 is 4.74 Å². The molecule has 1 aromatic heterocycles. The molecule has 0 aliphatic rings. The lowest BCUT2D eigenvalue weighted by Gasteiger charge is -2.07. The molecule has 2 aromatic rings. The molecule has 0 saturated heterocycles. The van der Waals surface area contributed by atoms with Gasteiger partial charge in [-0.05, 0) is 54.0 Å². The first kappa shape index (κ1) is 15.5. The molecule has 0 atom stereocenters. The highest BCUT2D eigenvalue weighted by Gasteiger charge is 2.07. The maximum Gasteiger partial charge on any atom is 0.133 e. The van der Waals surface area contributed by atoms with Crippen LogP contribution >= 0.6 is 27.3 Å². The SMILES string of the molecule is CCCNCc1cc(COc2ccccc2Br)c(C)s1. The molecule has 2 rings (SSSR count). The van der Waals surface area contributed by atoms with Crippen LogP contribution in [0.3, 0.4) is 0 Å². The maximum absolute atomic E-state index is 5.88. The molecule has 0 saturated carbocycles. The Morgan fingerprint density at radius 2 is 2.10 bits per heavy atom. The van der Waals surface area contributed by atoms with E-state index in [-0.39, 0.29) is 0 Å². The highest BCUT2D eigenvalue weighted by molar-refractivity contribution is 9.10. The van der Waals surface area contributed by atoms with E-state index < -0.39 is 0 Å². The van der Waals surface area contributed by atoms with Crippen molar-refractivity contribution in [2.75, 3.05) is 6.54 Å². The number of halogens is 1. The Bertz CT molecular complexity index is 553. The first-order valence-corrected chi connectivity index (χ1v) is 8.48. The Labute approximate surface area is 133 Å². The minimum Gasteiger partial charge on any atom is -0.488 e. The van der Waals surface area contributed by atoms with E-state index in [9.17, 15) is 0 Å². The summed E-state index contributed by atoms with van der Waals surface area (Å²) < 4.78 is 6.88. The lowest BCUT2D eigenvalue weighted by Crippen LogP contribution is -2.12. The second kappa shape index (κ2) is 7.81. The van der Waals surface area contributed by atoms with Gasteiger partial charge in [0.25, 0.3) is 0 Å². The molecular formula is C16H20BrNOS. The number of benzene rings is 1. The maximum atomic E-state index is 5.88. The fourth-order valence-corrected chi connectivity index (χ4v) is 3.34. The van der Waals surface area contributed by atoms with Gasteiger partial charge in [-0.2, -0.15) is 0 Å². The van der Waals surface area contributed by atoms with Crippen molar-refractivity contribution in [1.29, 1.82) is 0 Å². The third-order valence-electron chi connectivity index (χ3n) is 3.02. The molecule has 0 radical (unpaired) electrons. The number of aryl methyl sites for hydroxylation is 1. The zero-order valence-electron chi connectivity index (χ0n) is 11.9. The second-order valence-corrected chi connectivity index (χ2v) is 6.89. The van der Waals surface area contributed by atoms with Crippen molar-refractivity contribution in [3.63, 3.8) is 0 Å². The molecule has 1 N–H and O–H groups in total. The number of nitrogens with one attached hydrogen (secondary N) is 1. The summed E-state index contributed by atoms with van der Waals surface area (Å²) in [6, 6.07) is 10.2. The van der Waals surface area contributed by atoms with E-state index >= 15 is 0 Å². The van der Waals surface area contributed by atoms with Crippen LogP contribution in [0, 0.1) is 6.92 Å². The first-order chi connectivity index (χ1) is 9.70. The van der Waals surface area contributed by atoms with Gasteiger partial charge < -0.3 is 10.1 Å². The van der Waals surface area contributed by atoms with E-state index in [4.69, 9.17) is 4.74 Å². The quantitative estimate of drug-likeness (QED) is 0.715. The van der Waals surface area contributed by atoms with Gasteiger partial charge in [-0.15, -0.1) is 11.3 Å². The summed E-state index contributed by atoms with van der Waals surface area (Å²) >= 11 is 5.35. The molecule has 1 aromatic carbocycles. The molecule has 108 valence electrons. The molecule has 0 unspecified atom stereocenters. The van der Waals surface area contributed by atoms with Crippen LogP contribution < -0.4 is 10.1 Å². The van der Waals surface area contributed by atoms with Crippen molar-refractivity contribution in [2.45, 2.75) is 33.4 Å². The van der Waals surface area contributed by atoms with E-state index in [1.165, 1.54) is 21.7 Å². The Morgan fingerprint density at radius 1 is 1.30 bits per heavy atom. The van der Waals surface area contributed by atoms with Crippen LogP contribution in [0.1, 0.15) is 28.7 Å². The highest BCUT2D eigenvalue weighted by Crippen LogP contribution is 2.27. The van der Waals surface area contributed by atoms with Crippen LogP contribution in [-0.4, -0.2) is 6.54 Å². The number of ether oxygens (including phenoxy) is 1. The minimum atomic E-state index is 0.624. The fraction of sp³-hybridized carbons (Fsp3) is 0.375. The van der Waals surface area contributed by atoms with Gasteiger partial charge in [-0.25, -0.2) is 0 Å². The zero-order chi connectivity index (χ0) is 14.4. The van der Waals surface area contributed by atoms with Crippen molar-refractivity contribution in [2.24, 2.45) is 0 Å². The fourth-order valence-electron chi connectivity index (χ4n) is 1.92. The Morgan fingerprint density at radius 3 is 2.85 bits per heavy atom. The lowest BCUT2D eigenvalue weighted by atomic mass is 10.2. The standard InChI is InChI=1S/C16H20BrNOS/c1-3-8-18-10-14-9-13(12(2)20-14)11-19-16-7-5-4-6-15(16)17/h4-7,9,18H,3,8,10-11H2,1-2H3. The van der Waals surface area contributed by atoms with Gasteiger partial charge in [-0.3, -0.25) is 0 Å². The van der Waals surface area contributed by atoms with Crippen LogP contribution in [0.25, 0.3) is 0 Å². The highest BCUT2D eigenvalue weighted by atomic mass is 79.9. The summed E-state index contributed by atoms with van der Waals surface area (Å²) in [5.41, 5.74) is 1.28. The van der Waals surface area contributed by atoms with E-state index in [1.807, 2.05) is 35.6 Å². The van der Waals surface area contributed by atoms with Crippen molar-refractivity contribution >= 4 is 27.3 Å². The third kappa shape index (κ3) is 4.33. The predicted octanol–water partition coefficient (Wildman–Crippen LogP) is 4.90. The Kier molecular flexibility index (Phi) is 6.07. The molecule has 0 fully saturated rings. The zero-order valence-corrected chi connectivity index (χ0v) is 14.3. The van der Waals surface area contributed by atoms with E-state index in [0.717, 1.165) is 23.3 Å². The first-order valence-electron chi connectivity index (χ1n) is 6.87. The van der Waals surface area contributed by atoms with Crippen LogP contribution in [0.4, 0.5) is 0 Å². The molecule has 4 heteroatoms. The summed E-state index contributed by atoms with van der Waals surface area (Å²) in [5, 5.41) is 3.44. The average molecular weight is 354 g/mol. The molecule has 20 heavy (non-hydrogen) atoms. The average Bonchev–Trinajstić information content (AvgIpc) is 2.79. The minimum absolute atomic E-state index is 0.624. The van der Waals surface area contributed by atoms with E-state index in [2.05, 4.69) is 41.2 Å². The van der Waals surface area contributed by atoms with Crippen molar-refractivity contribution in [3.05, 3.63) is 50.1 Å². The van der Waals surface area contributed by atoms with Gasteiger partial charge in [-0.1, -0.05) is 19.1 Å². The van der Waals surface area contributed by atoms with Crippen LogP contribution in [0.5, 0.6) is 5.75 Å². The second-order valence-electron chi connectivity index (χ2n) is 4.69. The van der Waals surface area contributed by atoms with Gasteiger partial charge in [0.05, 0.1) is 4.47 Å². The number of para-hydroxylation sites is 1. The van der Waals surface area contributed by atoms with Gasteiger partial charge >= 0.3 is 0 Å². The largest absolute Gasteiger partial charge is 0.488 e. The summed E-state index contributed by atoms with van der Waals surface area (Å²) in [6.07, 6.45) is 1.17. The molecule has 0 aliphatic heterocycles. The number of hydrogen-bond donors (Lipinski definition) is 1. The monoisotopic (exact) mass is 353 g/mol. The number of rotatable bonds is 7. The van der Waals surface area contributed by atoms with Crippen LogP contribution in [0.15, 0.2) is 34.8 Å². The smallest absolute Gasteiger partial charge is 0.133 e. The summed E-state index contributed by atoms with van der Waals surface area (Å²) in [7, 11) is 0. The van der Waals surface area contributed by atoms with E-state index in [0.29, 0.717) is 6.61 Å². The Balaban J connectivity index is 1.94. The summed E-state index contributed by atoms with van der Waals surface area (Å²) in [4.78, 5) is 2.71. The predicted molar refractivity (Wildman–Crippen MR) is 89.5 cm³/mol. The molecule has 1 heterocycles. The van der Waals surface area contributed by atoms with Crippen molar-refractivity contribution in [1.82, 2.24) is 5.32 Å². The van der Waals surface area contributed by atoms with Crippen LogP contribution in [0.2, 0.25) is 0 Å². The molecule has 0 spiro atoms. The van der Waals surface area contributed by atoms with Gasteiger partial charge in [0.2, 0.25) is 0 Å². The summed E-state index contributed by atoms with van der Waals surface area (Å²) in [6.45, 7) is 6.99. The number of hydrogen-bond acceptors (Lipinski definition) is 3. The Hall–Kier alpha value is -0.840. The van der Waals surface area contributed by atoms with Gasteiger partial charge in [0.1, 0.15) is 12.4 Å². The molecular weight excluding hydrogens is 334 g/mol. The molecule has 2 nitrogen and oxygen atoms in total. The number of thiophene rings is 1. The lowest BCUT2D eigenvalue weighted by molar-refractivity contribution is 0.304.